The molecule has 3 nitrogen and oxygen atoms in total. The van der Waals surface area contributed by atoms with Crippen LogP contribution in [0, 0.1) is 13.8 Å². The molecule has 0 heterocycles. The molecule has 3 heteroatoms. The fraction of sp³-hybridized carbons (Fsp3) is 0.250. The molecule has 0 fully saturated rings. The van der Waals surface area contributed by atoms with Gasteiger partial charge in [-0.05, 0) is 42.7 Å². The number of nitrogen functional groups attached to an aromatic ring is 1. The van der Waals surface area contributed by atoms with Gasteiger partial charge in [-0.3, -0.25) is 0 Å². The molecular weight excluding hydrogens is 238 g/mol. The maximum atomic E-state index is 5.90. The molecule has 100 valence electrons. The number of ether oxygens (including phenoxy) is 2. The summed E-state index contributed by atoms with van der Waals surface area (Å²) in [5, 5.41) is 0. The third-order valence-corrected chi connectivity index (χ3v) is 3.09. The largest absolute Gasteiger partial charge is 0.497 e. The van der Waals surface area contributed by atoms with Crippen LogP contribution in [0.25, 0.3) is 0 Å². The predicted octanol–water partition coefficient (Wildman–Crippen LogP) is 3.47. The molecule has 0 saturated carbocycles. The minimum Gasteiger partial charge on any atom is -0.497 e. The van der Waals surface area contributed by atoms with Gasteiger partial charge in [0.05, 0.1) is 7.11 Å². The van der Waals surface area contributed by atoms with Crippen molar-refractivity contribution in [1.82, 2.24) is 0 Å². The molecule has 2 aromatic rings. The Morgan fingerprint density at radius 3 is 2.58 bits per heavy atom. The number of nitrogens with two attached hydrogens (primary N) is 1. The van der Waals surface area contributed by atoms with Gasteiger partial charge in [0, 0.05) is 11.8 Å². The van der Waals surface area contributed by atoms with Crippen molar-refractivity contribution >= 4 is 5.69 Å². The maximum absolute atomic E-state index is 5.90. The Balaban J connectivity index is 2.12. The number of anilines is 1. The highest BCUT2D eigenvalue weighted by Gasteiger charge is 2.04. The first kappa shape index (κ1) is 13.3. The molecule has 2 rings (SSSR count). The van der Waals surface area contributed by atoms with E-state index in [4.69, 9.17) is 15.2 Å². The van der Waals surface area contributed by atoms with Crippen molar-refractivity contribution in [1.29, 1.82) is 0 Å². The van der Waals surface area contributed by atoms with Crippen LogP contribution in [0.2, 0.25) is 0 Å². The molecule has 0 unspecified atom stereocenters. The SMILES string of the molecule is COc1cccc(COc2cc(N)c(C)cc2C)c1. The average molecular weight is 257 g/mol. The number of hydrogen-bond acceptors (Lipinski definition) is 3. The Morgan fingerprint density at radius 1 is 1.05 bits per heavy atom. The van der Waals surface area contributed by atoms with E-state index in [1.807, 2.05) is 50.2 Å². The molecule has 0 atom stereocenters. The van der Waals surface area contributed by atoms with E-state index in [1.54, 1.807) is 7.11 Å². The van der Waals surface area contributed by atoms with Crippen LogP contribution in [0.4, 0.5) is 5.69 Å². The zero-order valence-electron chi connectivity index (χ0n) is 11.6. The van der Waals surface area contributed by atoms with Crippen LogP contribution in [-0.2, 0) is 6.61 Å². The van der Waals surface area contributed by atoms with Gasteiger partial charge in [-0.25, -0.2) is 0 Å². The molecule has 0 spiro atoms. The molecule has 0 aliphatic rings. The van der Waals surface area contributed by atoms with Crippen LogP contribution in [0.15, 0.2) is 36.4 Å². The van der Waals surface area contributed by atoms with Gasteiger partial charge in [-0.1, -0.05) is 18.2 Å². The first-order chi connectivity index (χ1) is 9.10. The first-order valence-electron chi connectivity index (χ1n) is 6.22. The van der Waals surface area contributed by atoms with Gasteiger partial charge >= 0.3 is 0 Å². The number of benzene rings is 2. The zero-order chi connectivity index (χ0) is 13.8. The summed E-state index contributed by atoms with van der Waals surface area (Å²) in [4.78, 5) is 0. The lowest BCUT2D eigenvalue weighted by atomic mass is 10.1. The molecule has 0 aliphatic carbocycles. The highest BCUT2D eigenvalue weighted by Crippen LogP contribution is 2.25. The van der Waals surface area contributed by atoms with Gasteiger partial charge in [0.25, 0.3) is 0 Å². The lowest BCUT2D eigenvalue weighted by molar-refractivity contribution is 0.303. The minimum atomic E-state index is 0.501. The van der Waals surface area contributed by atoms with E-state index in [0.717, 1.165) is 33.9 Å². The van der Waals surface area contributed by atoms with Crippen molar-refractivity contribution in [3.05, 3.63) is 53.1 Å². The summed E-state index contributed by atoms with van der Waals surface area (Å²) in [7, 11) is 1.66. The second-order valence-electron chi connectivity index (χ2n) is 4.61. The molecule has 2 aromatic carbocycles. The van der Waals surface area contributed by atoms with E-state index >= 15 is 0 Å². The summed E-state index contributed by atoms with van der Waals surface area (Å²) in [5.74, 6) is 1.66. The summed E-state index contributed by atoms with van der Waals surface area (Å²) >= 11 is 0. The van der Waals surface area contributed by atoms with Crippen LogP contribution in [0.3, 0.4) is 0 Å². The molecule has 0 bridgehead atoms. The third-order valence-electron chi connectivity index (χ3n) is 3.09. The lowest BCUT2D eigenvalue weighted by Crippen LogP contribution is -1.99. The standard InChI is InChI=1S/C16H19NO2/c1-11-7-12(2)16(9-15(11)17)19-10-13-5-4-6-14(8-13)18-3/h4-9H,10,17H2,1-3H3. The number of hydrogen-bond donors (Lipinski definition) is 1. The van der Waals surface area contributed by atoms with Crippen molar-refractivity contribution in [2.45, 2.75) is 20.5 Å². The van der Waals surface area contributed by atoms with Crippen LogP contribution < -0.4 is 15.2 Å². The molecule has 0 radical (unpaired) electrons. The van der Waals surface area contributed by atoms with Gasteiger partial charge in [0.2, 0.25) is 0 Å². The van der Waals surface area contributed by atoms with Crippen LogP contribution in [-0.4, -0.2) is 7.11 Å². The highest BCUT2D eigenvalue weighted by atomic mass is 16.5. The summed E-state index contributed by atoms with van der Waals surface area (Å²) in [6.45, 7) is 4.52. The summed E-state index contributed by atoms with van der Waals surface area (Å²) in [6, 6.07) is 11.8. The van der Waals surface area contributed by atoms with E-state index in [-0.39, 0.29) is 0 Å². The predicted molar refractivity (Wildman–Crippen MR) is 77.7 cm³/mol. The monoisotopic (exact) mass is 257 g/mol. The van der Waals surface area contributed by atoms with E-state index in [0.29, 0.717) is 6.61 Å². The molecule has 0 aliphatic heterocycles. The zero-order valence-corrected chi connectivity index (χ0v) is 11.6. The third kappa shape index (κ3) is 3.19. The summed E-state index contributed by atoms with van der Waals surface area (Å²) in [5.41, 5.74) is 9.89. The topological polar surface area (TPSA) is 44.5 Å². The van der Waals surface area contributed by atoms with Gasteiger partial charge in [-0.15, -0.1) is 0 Å². The van der Waals surface area contributed by atoms with E-state index in [2.05, 4.69) is 0 Å². The normalized spacial score (nSPS) is 10.3. The molecular formula is C16H19NO2. The van der Waals surface area contributed by atoms with Gasteiger partial charge in [0.1, 0.15) is 18.1 Å². The summed E-state index contributed by atoms with van der Waals surface area (Å²) < 4.78 is 11.0. The molecule has 2 N–H and O–H groups in total. The van der Waals surface area contributed by atoms with E-state index in [9.17, 15) is 0 Å². The Kier molecular flexibility index (Phi) is 3.95. The second kappa shape index (κ2) is 5.65. The van der Waals surface area contributed by atoms with Crippen molar-refractivity contribution in [3.63, 3.8) is 0 Å². The Bertz CT molecular complexity index is 579. The average Bonchev–Trinajstić information content (AvgIpc) is 2.41. The van der Waals surface area contributed by atoms with Crippen LogP contribution in [0.1, 0.15) is 16.7 Å². The smallest absolute Gasteiger partial charge is 0.124 e. The molecule has 0 amide bonds. The quantitative estimate of drug-likeness (QED) is 0.853. The fourth-order valence-corrected chi connectivity index (χ4v) is 1.93. The van der Waals surface area contributed by atoms with Gasteiger partial charge in [-0.2, -0.15) is 0 Å². The fourth-order valence-electron chi connectivity index (χ4n) is 1.93. The highest BCUT2D eigenvalue weighted by molar-refractivity contribution is 5.54. The summed E-state index contributed by atoms with van der Waals surface area (Å²) in [6.07, 6.45) is 0. The number of aryl methyl sites for hydroxylation is 2. The van der Waals surface area contributed by atoms with Crippen molar-refractivity contribution in [2.75, 3.05) is 12.8 Å². The second-order valence-corrected chi connectivity index (χ2v) is 4.61. The van der Waals surface area contributed by atoms with Crippen LogP contribution >= 0.6 is 0 Å². The minimum absolute atomic E-state index is 0.501. The Morgan fingerprint density at radius 2 is 1.84 bits per heavy atom. The number of rotatable bonds is 4. The maximum Gasteiger partial charge on any atom is 0.124 e. The van der Waals surface area contributed by atoms with E-state index in [1.165, 1.54) is 0 Å². The molecule has 0 saturated heterocycles. The molecule has 0 aromatic heterocycles. The van der Waals surface area contributed by atoms with Gasteiger partial charge in [0.15, 0.2) is 0 Å². The lowest BCUT2D eigenvalue weighted by Gasteiger charge is -2.12. The Hall–Kier alpha value is -2.16. The first-order valence-corrected chi connectivity index (χ1v) is 6.22. The Labute approximate surface area is 114 Å². The van der Waals surface area contributed by atoms with Crippen molar-refractivity contribution in [3.8, 4) is 11.5 Å². The van der Waals surface area contributed by atoms with E-state index < -0.39 is 0 Å². The number of methoxy groups -OCH3 is 1. The molecule has 19 heavy (non-hydrogen) atoms. The van der Waals surface area contributed by atoms with Crippen molar-refractivity contribution < 1.29 is 9.47 Å². The van der Waals surface area contributed by atoms with Crippen LogP contribution in [0.5, 0.6) is 11.5 Å². The van der Waals surface area contributed by atoms with Gasteiger partial charge < -0.3 is 15.2 Å². The van der Waals surface area contributed by atoms with Crippen molar-refractivity contribution in [2.24, 2.45) is 0 Å².